The van der Waals surface area contributed by atoms with E-state index >= 15 is 0 Å². The van der Waals surface area contributed by atoms with Crippen molar-refractivity contribution in [2.24, 2.45) is 0 Å². The maximum Gasteiger partial charge on any atom is 0.337 e. The fraction of sp³-hybridized carbons (Fsp3) is 0.240. The summed E-state index contributed by atoms with van der Waals surface area (Å²) in [6.45, 7) is 0.444. The Morgan fingerprint density at radius 2 is 1.84 bits per heavy atom. The summed E-state index contributed by atoms with van der Waals surface area (Å²) < 4.78 is 5.90. The number of aromatic carboxylic acids is 1. The minimum absolute atomic E-state index is 0.00431. The zero-order valence-corrected chi connectivity index (χ0v) is 18.7. The Morgan fingerprint density at radius 3 is 2.62 bits per heavy atom. The van der Waals surface area contributed by atoms with Gasteiger partial charge in [0.2, 0.25) is 0 Å². The molecule has 0 aromatic heterocycles. The molecule has 0 bridgehead atoms. The first kappa shape index (κ1) is 22.6. The number of halogens is 2. The van der Waals surface area contributed by atoms with E-state index in [9.17, 15) is 15.0 Å². The predicted molar refractivity (Wildman–Crippen MR) is 125 cm³/mol. The molecule has 0 fully saturated rings. The number of carboxylic acid groups (broad SMARTS) is 1. The molecule has 7 heteroatoms. The van der Waals surface area contributed by atoms with E-state index in [1.807, 2.05) is 24.3 Å². The summed E-state index contributed by atoms with van der Waals surface area (Å²) >= 11 is 12.0. The normalized spacial score (nSPS) is 16.3. The molecule has 5 nitrogen and oxygen atoms in total. The number of hydrogen-bond acceptors (Lipinski definition) is 4. The van der Waals surface area contributed by atoms with Gasteiger partial charge in [-0.05, 0) is 78.4 Å². The van der Waals surface area contributed by atoms with Crippen LogP contribution < -0.4 is 10.1 Å². The van der Waals surface area contributed by atoms with Crippen LogP contribution in [0.15, 0.2) is 60.7 Å². The van der Waals surface area contributed by atoms with Crippen LogP contribution >= 0.6 is 23.2 Å². The standard InChI is InChI=1S/C25H23Cl2NO4/c26-18-3-1-2-16(10-18)24(29)14-28-19-6-4-15-5-7-20(12-17(15)11-19)32-21-8-9-23(27)22(13-21)25(30)31/h1-3,5,7-10,12-13,19,24,28-29H,4,6,11,14H2,(H,30,31)/t19-,24+/m0/s1. The van der Waals surface area contributed by atoms with E-state index in [4.69, 9.17) is 27.9 Å². The molecule has 0 spiro atoms. The van der Waals surface area contributed by atoms with Crippen LogP contribution in [0.4, 0.5) is 0 Å². The Hall–Kier alpha value is -2.57. The smallest absolute Gasteiger partial charge is 0.337 e. The predicted octanol–water partition coefficient (Wildman–Crippen LogP) is 5.66. The van der Waals surface area contributed by atoms with Crippen molar-refractivity contribution < 1.29 is 19.7 Å². The first-order valence-corrected chi connectivity index (χ1v) is 11.1. The molecule has 1 aliphatic rings. The van der Waals surface area contributed by atoms with Crippen LogP contribution in [0.1, 0.15) is 39.6 Å². The molecule has 0 heterocycles. The van der Waals surface area contributed by atoms with Gasteiger partial charge in [0.1, 0.15) is 11.5 Å². The minimum atomic E-state index is -1.10. The second-order valence-electron chi connectivity index (χ2n) is 7.90. The second-order valence-corrected chi connectivity index (χ2v) is 8.74. The van der Waals surface area contributed by atoms with Crippen LogP contribution in [-0.4, -0.2) is 28.8 Å². The van der Waals surface area contributed by atoms with Crippen molar-refractivity contribution in [3.63, 3.8) is 0 Å². The lowest BCUT2D eigenvalue weighted by Crippen LogP contribution is -2.37. The van der Waals surface area contributed by atoms with E-state index < -0.39 is 12.1 Å². The lowest BCUT2D eigenvalue weighted by molar-refractivity contribution is 0.0696. The first-order chi connectivity index (χ1) is 15.4. The van der Waals surface area contributed by atoms with E-state index in [2.05, 4.69) is 11.4 Å². The van der Waals surface area contributed by atoms with Crippen LogP contribution in [-0.2, 0) is 12.8 Å². The van der Waals surface area contributed by atoms with Gasteiger partial charge in [0.25, 0.3) is 0 Å². The summed E-state index contributed by atoms with van der Waals surface area (Å²) in [6.07, 6.45) is 2.10. The lowest BCUT2D eigenvalue weighted by atomic mass is 9.88. The van der Waals surface area contributed by atoms with Gasteiger partial charge in [-0.1, -0.05) is 41.4 Å². The molecule has 0 radical (unpaired) electrons. The molecule has 166 valence electrons. The number of carboxylic acids is 1. The number of ether oxygens (including phenoxy) is 1. The molecule has 3 N–H and O–H groups in total. The maximum atomic E-state index is 11.3. The maximum absolute atomic E-state index is 11.3. The summed E-state index contributed by atoms with van der Waals surface area (Å²) in [6, 6.07) is 18.0. The van der Waals surface area contributed by atoms with Gasteiger partial charge in [-0.25, -0.2) is 4.79 Å². The zero-order valence-electron chi connectivity index (χ0n) is 17.2. The highest BCUT2D eigenvalue weighted by Crippen LogP contribution is 2.30. The molecule has 4 rings (SSSR count). The Labute approximate surface area is 196 Å². The zero-order chi connectivity index (χ0) is 22.7. The largest absolute Gasteiger partial charge is 0.478 e. The SMILES string of the molecule is O=C(O)c1cc(Oc2ccc3c(c2)C[C@@H](NC[C@@H](O)c2cccc(Cl)c2)CC3)ccc1Cl. The molecule has 1 aliphatic carbocycles. The van der Waals surface area contributed by atoms with E-state index in [0.717, 1.165) is 24.8 Å². The van der Waals surface area contributed by atoms with Gasteiger partial charge in [0, 0.05) is 17.6 Å². The molecular weight excluding hydrogens is 449 g/mol. The van der Waals surface area contributed by atoms with E-state index in [1.54, 1.807) is 18.2 Å². The number of aliphatic hydroxyl groups is 1. The van der Waals surface area contributed by atoms with Crippen LogP contribution in [0.2, 0.25) is 10.0 Å². The Morgan fingerprint density at radius 1 is 1.06 bits per heavy atom. The van der Waals surface area contributed by atoms with Gasteiger partial charge >= 0.3 is 5.97 Å². The Balaban J connectivity index is 1.41. The third-order valence-electron chi connectivity index (χ3n) is 5.64. The van der Waals surface area contributed by atoms with Crippen LogP contribution in [0.5, 0.6) is 11.5 Å². The van der Waals surface area contributed by atoms with Gasteiger partial charge in [-0.15, -0.1) is 0 Å². The monoisotopic (exact) mass is 471 g/mol. The third kappa shape index (κ3) is 5.43. The molecule has 3 aromatic carbocycles. The van der Waals surface area contributed by atoms with Crippen LogP contribution in [0, 0.1) is 0 Å². The highest BCUT2D eigenvalue weighted by atomic mass is 35.5. The molecule has 3 aromatic rings. The quantitative estimate of drug-likeness (QED) is 0.413. The van der Waals surface area contributed by atoms with Crippen LogP contribution in [0.25, 0.3) is 0 Å². The fourth-order valence-electron chi connectivity index (χ4n) is 3.95. The molecule has 0 saturated heterocycles. The van der Waals surface area contributed by atoms with Crippen molar-refractivity contribution in [3.8, 4) is 11.5 Å². The Kier molecular flexibility index (Phi) is 7.01. The number of benzene rings is 3. The number of fused-ring (bicyclic) bond motifs is 1. The van der Waals surface area contributed by atoms with Crippen molar-refractivity contribution in [3.05, 3.63) is 93.0 Å². The number of aryl methyl sites for hydroxylation is 1. The summed E-state index contributed by atoms with van der Waals surface area (Å²) in [7, 11) is 0. The minimum Gasteiger partial charge on any atom is -0.478 e. The van der Waals surface area contributed by atoms with E-state index in [-0.39, 0.29) is 16.6 Å². The average molecular weight is 472 g/mol. The van der Waals surface area contributed by atoms with Crippen molar-refractivity contribution in [2.45, 2.75) is 31.4 Å². The fourth-order valence-corrected chi connectivity index (χ4v) is 4.35. The molecule has 0 aliphatic heterocycles. The van der Waals surface area contributed by atoms with Crippen molar-refractivity contribution in [1.82, 2.24) is 5.32 Å². The summed E-state index contributed by atoms with van der Waals surface area (Å²) in [5.41, 5.74) is 3.24. The lowest BCUT2D eigenvalue weighted by Gasteiger charge is -2.27. The molecule has 2 atom stereocenters. The number of aliphatic hydroxyl groups excluding tert-OH is 1. The molecule has 32 heavy (non-hydrogen) atoms. The molecular formula is C25H23Cl2NO4. The average Bonchev–Trinajstić information content (AvgIpc) is 2.78. The van der Waals surface area contributed by atoms with Crippen molar-refractivity contribution in [2.75, 3.05) is 6.54 Å². The molecule has 0 saturated carbocycles. The van der Waals surface area contributed by atoms with Gasteiger partial charge in [-0.3, -0.25) is 0 Å². The highest BCUT2D eigenvalue weighted by Gasteiger charge is 2.20. The topological polar surface area (TPSA) is 78.8 Å². The van der Waals surface area contributed by atoms with Gasteiger partial charge in [0.15, 0.2) is 0 Å². The number of carbonyl (C=O) groups is 1. The molecule has 0 amide bonds. The number of nitrogens with one attached hydrogen (secondary N) is 1. The summed E-state index contributed by atoms with van der Waals surface area (Å²) in [5, 5.41) is 24.0. The van der Waals surface area contributed by atoms with E-state index in [1.165, 1.54) is 23.3 Å². The van der Waals surface area contributed by atoms with Crippen LogP contribution in [0.3, 0.4) is 0 Å². The molecule has 0 unspecified atom stereocenters. The number of rotatable bonds is 7. The van der Waals surface area contributed by atoms with Gasteiger partial charge in [-0.2, -0.15) is 0 Å². The highest BCUT2D eigenvalue weighted by molar-refractivity contribution is 6.33. The Bertz CT molecular complexity index is 1130. The summed E-state index contributed by atoms with van der Waals surface area (Å²) in [4.78, 5) is 11.3. The van der Waals surface area contributed by atoms with Gasteiger partial charge < -0.3 is 20.3 Å². The summed E-state index contributed by atoms with van der Waals surface area (Å²) in [5.74, 6) is -0.0383. The third-order valence-corrected chi connectivity index (χ3v) is 6.21. The second kappa shape index (κ2) is 9.92. The van der Waals surface area contributed by atoms with Gasteiger partial charge in [0.05, 0.1) is 16.7 Å². The van der Waals surface area contributed by atoms with Crippen molar-refractivity contribution in [1.29, 1.82) is 0 Å². The van der Waals surface area contributed by atoms with Crippen molar-refractivity contribution >= 4 is 29.2 Å². The number of hydrogen-bond donors (Lipinski definition) is 3. The first-order valence-electron chi connectivity index (χ1n) is 10.4. The van der Waals surface area contributed by atoms with E-state index in [0.29, 0.717) is 23.1 Å².